The summed E-state index contributed by atoms with van der Waals surface area (Å²) in [6.07, 6.45) is 7.49. The van der Waals surface area contributed by atoms with Gasteiger partial charge in [0, 0.05) is 0 Å². The number of alkyl halides is 3. The van der Waals surface area contributed by atoms with Gasteiger partial charge >= 0.3 is 6.18 Å². The number of imidazole rings is 1. The lowest BCUT2D eigenvalue weighted by molar-refractivity contribution is -0.140. The van der Waals surface area contributed by atoms with Crippen molar-refractivity contribution in [1.29, 1.82) is 0 Å². The van der Waals surface area contributed by atoms with Gasteiger partial charge in [0.25, 0.3) is 5.91 Å². The number of H-pyrrole nitrogens is 1. The second kappa shape index (κ2) is 13.8. The molecule has 0 bridgehead atoms. The zero-order chi connectivity index (χ0) is 23.2. The Morgan fingerprint density at radius 1 is 1.00 bits per heavy atom. The van der Waals surface area contributed by atoms with Crippen LogP contribution in [0.2, 0.25) is 0 Å². The number of anilines is 1. The molecule has 1 unspecified atom stereocenters. The van der Waals surface area contributed by atoms with E-state index in [1.807, 2.05) is 6.07 Å². The molecule has 0 aliphatic rings. The number of ether oxygens (including phenoxy) is 1. The highest BCUT2D eigenvalue weighted by Crippen LogP contribution is 2.28. The number of hydrogen-bond donors (Lipinski definition) is 2. The topological polar surface area (TPSA) is 67.0 Å². The predicted octanol–water partition coefficient (Wildman–Crippen LogP) is 7.13. The van der Waals surface area contributed by atoms with E-state index in [0.29, 0.717) is 18.4 Å². The third-order valence-corrected chi connectivity index (χ3v) is 5.26. The number of halogens is 3. The molecule has 1 amide bonds. The van der Waals surface area contributed by atoms with Crippen molar-refractivity contribution >= 4 is 11.9 Å². The van der Waals surface area contributed by atoms with E-state index in [1.165, 1.54) is 44.9 Å². The van der Waals surface area contributed by atoms with Crippen LogP contribution in [0.3, 0.4) is 0 Å². The van der Waals surface area contributed by atoms with Crippen LogP contribution in [0.1, 0.15) is 83.2 Å². The highest BCUT2D eigenvalue weighted by atomic mass is 19.4. The number of rotatable bonds is 15. The fraction of sp³-hybridized carbons (Fsp3) is 0.583. The summed E-state index contributed by atoms with van der Waals surface area (Å²) in [6.45, 7) is 2.21. The first-order valence-corrected chi connectivity index (χ1v) is 11.5. The van der Waals surface area contributed by atoms with E-state index >= 15 is 0 Å². The van der Waals surface area contributed by atoms with Gasteiger partial charge in [-0.05, 0) is 25.0 Å². The molecule has 5 nitrogen and oxygen atoms in total. The SMILES string of the molecule is CCCCCCCCCCCCC(Oc1ccccc1)C(=O)Nc1ncc(C(F)(F)F)[nH]1. The zero-order valence-electron chi connectivity index (χ0n) is 18.7. The van der Waals surface area contributed by atoms with Crippen LogP contribution in [-0.2, 0) is 11.0 Å². The maximum absolute atomic E-state index is 12.7. The molecule has 0 radical (unpaired) electrons. The summed E-state index contributed by atoms with van der Waals surface area (Å²) < 4.78 is 44.1. The summed E-state index contributed by atoms with van der Waals surface area (Å²) in [4.78, 5) is 18.4. The minimum atomic E-state index is -4.55. The fourth-order valence-corrected chi connectivity index (χ4v) is 3.45. The number of para-hydroxylation sites is 1. The molecule has 1 atom stereocenters. The highest BCUT2D eigenvalue weighted by Gasteiger charge is 2.33. The molecule has 2 N–H and O–H groups in total. The van der Waals surface area contributed by atoms with Gasteiger partial charge in [-0.1, -0.05) is 82.9 Å². The van der Waals surface area contributed by atoms with Crippen LogP contribution < -0.4 is 10.1 Å². The van der Waals surface area contributed by atoms with Gasteiger partial charge in [-0.15, -0.1) is 0 Å². The number of nitrogens with one attached hydrogen (secondary N) is 2. The van der Waals surface area contributed by atoms with Crippen LogP contribution in [-0.4, -0.2) is 22.0 Å². The Hall–Kier alpha value is -2.51. The predicted molar refractivity (Wildman–Crippen MR) is 120 cm³/mol. The Bertz CT molecular complexity index is 778. The Labute approximate surface area is 188 Å². The molecule has 0 spiro atoms. The lowest BCUT2D eigenvalue weighted by atomic mass is 10.0. The normalized spacial score (nSPS) is 12.5. The molecule has 2 rings (SSSR count). The monoisotopic (exact) mass is 453 g/mol. The van der Waals surface area contributed by atoms with Crippen molar-refractivity contribution < 1.29 is 22.7 Å². The van der Waals surface area contributed by atoms with Gasteiger partial charge in [0.2, 0.25) is 5.95 Å². The molecular weight excluding hydrogens is 419 g/mol. The second-order valence-corrected chi connectivity index (χ2v) is 8.02. The average molecular weight is 454 g/mol. The molecule has 0 saturated carbocycles. The smallest absolute Gasteiger partial charge is 0.432 e. The van der Waals surface area contributed by atoms with Gasteiger partial charge in [0.05, 0.1) is 6.20 Å². The minimum absolute atomic E-state index is 0.243. The summed E-state index contributed by atoms with van der Waals surface area (Å²) in [5, 5.41) is 2.41. The van der Waals surface area contributed by atoms with Crippen molar-refractivity contribution in [2.75, 3.05) is 5.32 Å². The first-order valence-electron chi connectivity index (χ1n) is 11.5. The first-order chi connectivity index (χ1) is 15.4. The number of unbranched alkanes of at least 4 members (excludes halogenated alkanes) is 9. The van der Waals surface area contributed by atoms with Gasteiger partial charge < -0.3 is 9.72 Å². The van der Waals surface area contributed by atoms with E-state index in [9.17, 15) is 18.0 Å². The van der Waals surface area contributed by atoms with Gasteiger partial charge in [0.15, 0.2) is 6.10 Å². The van der Waals surface area contributed by atoms with E-state index in [2.05, 4.69) is 22.2 Å². The van der Waals surface area contributed by atoms with Gasteiger partial charge in [-0.3, -0.25) is 10.1 Å². The van der Waals surface area contributed by atoms with Crippen LogP contribution in [0, 0.1) is 0 Å². The number of aromatic amines is 1. The van der Waals surface area contributed by atoms with Crippen LogP contribution in [0.25, 0.3) is 0 Å². The number of carbonyl (C=O) groups excluding carboxylic acids is 1. The number of carbonyl (C=O) groups is 1. The molecule has 178 valence electrons. The largest absolute Gasteiger partial charge is 0.481 e. The Morgan fingerprint density at radius 3 is 2.16 bits per heavy atom. The highest BCUT2D eigenvalue weighted by molar-refractivity contribution is 5.92. The average Bonchev–Trinajstić information content (AvgIpc) is 3.24. The second-order valence-electron chi connectivity index (χ2n) is 8.02. The lowest BCUT2D eigenvalue weighted by Gasteiger charge is -2.18. The van der Waals surface area contributed by atoms with E-state index in [4.69, 9.17) is 4.74 Å². The maximum atomic E-state index is 12.7. The van der Waals surface area contributed by atoms with Crippen molar-refractivity contribution in [2.45, 2.75) is 89.8 Å². The summed E-state index contributed by atoms with van der Waals surface area (Å²) in [7, 11) is 0. The van der Waals surface area contributed by atoms with E-state index in [0.717, 1.165) is 19.3 Å². The zero-order valence-corrected chi connectivity index (χ0v) is 18.7. The Kier molecular flexibility index (Phi) is 11.1. The van der Waals surface area contributed by atoms with Crippen molar-refractivity contribution in [3.8, 4) is 5.75 Å². The van der Waals surface area contributed by atoms with Gasteiger partial charge in [-0.25, -0.2) is 4.98 Å². The number of nitrogens with zero attached hydrogens (tertiary/aromatic N) is 1. The lowest BCUT2D eigenvalue weighted by Crippen LogP contribution is -2.33. The fourth-order valence-electron chi connectivity index (χ4n) is 3.45. The summed E-state index contributed by atoms with van der Waals surface area (Å²) >= 11 is 0. The molecule has 1 aromatic carbocycles. The summed E-state index contributed by atoms with van der Waals surface area (Å²) in [5.74, 6) is -0.227. The van der Waals surface area contributed by atoms with Crippen LogP contribution in [0.5, 0.6) is 5.75 Å². The van der Waals surface area contributed by atoms with Crippen molar-refractivity contribution in [3.63, 3.8) is 0 Å². The van der Waals surface area contributed by atoms with Gasteiger partial charge in [-0.2, -0.15) is 13.2 Å². The number of benzene rings is 1. The summed E-state index contributed by atoms with van der Waals surface area (Å²) in [5.41, 5.74) is -1.01. The van der Waals surface area contributed by atoms with Gasteiger partial charge in [0.1, 0.15) is 11.4 Å². The third kappa shape index (κ3) is 9.75. The van der Waals surface area contributed by atoms with E-state index < -0.39 is 23.9 Å². The molecule has 0 aliphatic heterocycles. The van der Waals surface area contributed by atoms with Crippen molar-refractivity contribution in [1.82, 2.24) is 9.97 Å². The molecule has 0 fully saturated rings. The maximum Gasteiger partial charge on any atom is 0.432 e. The Balaban J connectivity index is 1.81. The van der Waals surface area contributed by atoms with Crippen molar-refractivity contribution in [3.05, 3.63) is 42.2 Å². The van der Waals surface area contributed by atoms with Crippen LogP contribution >= 0.6 is 0 Å². The minimum Gasteiger partial charge on any atom is -0.481 e. The molecule has 1 heterocycles. The van der Waals surface area contributed by atoms with Crippen molar-refractivity contribution in [2.24, 2.45) is 0 Å². The standard InChI is InChI=1S/C24H34F3N3O2/c1-2-3-4-5-6-7-8-9-10-14-17-20(32-19-15-12-11-13-16-19)22(31)30-23-28-18-21(29-23)24(25,26)27/h11-13,15-16,18,20H,2-10,14,17H2,1H3,(H2,28,29,30,31). The molecule has 0 aliphatic carbocycles. The molecule has 32 heavy (non-hydrogen) atoms. The van der Waals surface area contributed by atoms with Crippen LogP contribution in [0.15, 0.2) is 36.5 Å². The Morgan fingerprint density at radius 2 is 1.59 bits per heavy atom. The van der Waals surface area contributed by atoms with Crippen LogP contribution in [0.4, 0.5) is 19.1 Å². The van der Waals surface area contributed by atoms with E-state index in [-0.39, 0.29) is 5.95 Å². The summed E-state index contributed by atoms with van der Waals surface area (Å²) in [6, 6.07) is 8.92. The number of amides is 1. The third-order valence-electron chi connectivity index (χ3n) is 5.26. The molecular formula is C24H34F3N3O2. The number of aromatic nitrogens is 2. The number of hydrogen-bond acceptors (Lipinski definition) is 3. The molecule has 8 heteroatoms. The molecule has 1 aromatic heterocycles. The first kappa shape index (κ1) is 25.7. The van der Waals surface area contributed by atoms with E-state index in [1.54, 1.807) is 24.3 Å². The molecule has 0 saturated heterocycles. The quantitative estimate of drug-likeness (QED) is 0.282. The molecule has 2 aromatic rings.